The predicted octanol–water partition coefficient (Wildman–Crippen LogP) is 9.21. The van der Waals surface area contributed by atoms with Crippen LogP contribution in [-0.2, 0) is 14.9 Å². The van der Waals surface area contributed by atoms with Crippen LogP contribution in [-0.4, -0.2) is 30.7 Å². The molecule has 8 heteroatoms. The van der Waals surface area contributed by atoms with Crippen molar-refractivity contribution in [2.75, 3.05) is 10.6 Å². The van der Waals surface area contributed by atoms with Crippen molar-refractivity contribution < 1.29 is 22.6 Å². The van der Waals surface area contributed by atoms with Gasteiger partial charge in [-0.3, -0.25) is 14.1 Å². The Morgan fingerprint density at radius 1 is 0.738 bits per heavy atom. The standard InChI is InChI=1S/C34H52N2O5S/c1-3-4-5-6-7-8-9-10-11-12-13-14-15-16-18-21-28(2)35-32-26-30(42(39,40)41)24-25-31(32)36-34(38)27-33(37)29-22-19-17-20-23-29/h17,19-20,22-26,28,35H,3-16,18,21,27H2,1-2H3,(H,36,38)(H,39,40,41). The number of benzene rings is 2. The van der Waals surface area contributed by atoms with Crippen LogP contribution in [0.5, 0.6) is 0 Å². The second-order valence-corrected chi connectivity index (χ2v) is 12.9. The van der Waals surface area contributed by atoms with E-state index in [1.165, 1.54) is 102 Å². The molecule has 1 atom stereocenters. The van der Waals surface area contributed by atoms with Crippen LogP contribution < -0.4 is 10.6 Å². The van der Waals surface area contributed by atoms with Crippen molar-refractivity contribution in [2.45, 2.75) is 134 Å². The molecule has 2 aromatic rings. The number of nitrogens with one attached hydrogen (secondary N) is 2. The number of ketones is 1. The van der Waals surface area contributed by atoms with Crippen molar-refractivity contribution in [1.82, 2.24) is 0 Å². The lowest BCUT2D eigenvalue weighted by Gasteiger charge is -2.19. The van der Waals surface area contributed by atoms with Gasteiger partial charge in [-0.25, -0.2) is 0 Å². The van der Waals surface area contributed by atoms with E-state index in [1.807, 2.05) is 6.92 Å². The first kappa shape index (κ1) is 35.5. The molecule has 0 fully saturated rings. The van der Waals surface area contributed by atoms with Crippen LogP contribution in [0.25, 0.3) is 0 Å². The fraction of sp³-hybridized carbons (Fsp3) is 0.588. The van der Waals surface area contributed by atoms with Crippen molar-refractivity contribution >= 4 is 33.2 Å². The van der Waals surface area contributed by atoms with Crippen molar-refractivity contribution in [1.29, 1.82) is 0 Å². The van der Waals surface area contributed by atoms with Crippen LogP contribution in [0.2, 0.25) is 0 Å². The smallest absolute Gasteiger partial charge is 0.294 e. The van der Waals surface area contributed by atoms with Crippen LogP contribution in [0.3, 0.4) is 0 Å². The molecule has 0 radical (unpaired) electrons. The Morgan fingerprint density at radius 3 is 1.79 bits per heavy atom. The molecule has 0 aliphatic carbocycles. The summed E-state index contributed by atoms with van der Waals surface area (Å²) in [6.45, 7) is 4.27. The highest BCUT2D eigenvalue weighted by atomic mass is 32.2. The Kier molecular flexibility index (Phi) is 17.1. The monoisotopic (exact) mass is 600 g/mol. The summed E-state index contributed by atoms with van der Waals surface area (Å²) in [5, 5.41) is 6.01. The van der Waals surface area contributed by atoms with Gasteiger partial charge in [0, 0.05) is 11.6 Å². The zero-order valence-corrected chi connectivity index (χ0v) is 26.5. The van der Waals surface area contributed by atoms with Crippen molar-refractivity contribution in [3.05, 3.63) is 54.1 Å². The minimum atomic E-state index is -4.41. The van der Waals surface area contributed by atoms with E-state index >= 15 is 0 Å². The highest BCUT2D eigenvalue weighted by Crippen LogP contribution is 2.27. The van der Waals surface area contributed by atoms with Gasteiger partial charge in [0.15, 0.2) is 5.78 Å². The van der Waals surface area contributed by atoms with E-state index in [-0.39, 0.29) is 23.1 Å². The topological polar surface area (TPSA) is 113 Å². The van der Waals surface area contributed by atoms with E-state index in [0.29, 0.717) is 16.9 Å². The summed E-state index contributed by atoms with van der Waals surface area (Å²) in [5.74, 6) is -0.805. The Morgan fingerprint density at radius 2 is 1.26 bits per heavy atom. The van der Waals surface area contributed by atoms with E-state index < -0.39 is 16.0 Å². The van der Waals surface area contributed by atoms with E-state index in [4.69, 9.17) is 0 Å². The molecule has 2 rings (SSSR count). The molecule has 1 unspecified atom stereocenters. The van der Waals surface area contributed by atoms with Crippen LogP contribution in [0.4, 0.5) is 11.4 Å². The molecule has 3 N–H and O–H groups in total. The quantitative estimate of drug-likeness (QED) is 0.0507. The third kappa shape index (κ3) is 15.0. The van der Waals surface area contributed by atoms with Crippen molar-refractivity contribution in [2.24, 2.45) is 0 Å². The van der Waals surface area contributed by atoms with E-state index in [2.05, 4.69) is 17.6 Å². The van der Waals surface area contributed by atoms with Crippen LogP contribution >= 0.6 is 0 Å². The summed E-state index contributed by atoms with van der Waals surface area (Å²) in [6, 6.07) is 12.6. The summed E-state index contributed by atoms with van der Waals surface area (Å²) in [6.07, 6.45) is 20.2. The number of carbonyl (C=O) groups is 2. The van der Waals surface area contributed by atoms with Crippen LogP contribution in [0.15, 0.2) is 53.4 Å². The lowest BCUT2D eigenvalue weighted by molar-refractivity contribution is -0.115. The maximum Gasteiger partial charge on any atom is 0.294 e. The number of unbranched alkanes of at least 4 members (excludes halogenated alkanes) is 14. The van der Waals surface area contributed by atoms with Gasteiger partial charge in [0.25, 0.3) is 10.1 Å². The first-order valence-corrected chi connectivity index (χ1v) is 17.4. The molecule has 234 valence electrons. The third-order valence-corrected chi connectivity index (χ3v) is 8.47. The highest BCUT2D eigenvalue weighted by molar-refractivity contribution is 7.85. The average Bonchev–Trinajstić information content (AvgIpc) is 2.95. The number of hydrogen-bond donors (Lipinski definition) is 3. The van der Waals surface area contributed by atoms with Gasteiger partial charge >= 0.3 is 0 Å². The predicted molar refractivity (Wildman–Crippen MR) is 173 cm³/mol. The molecule has 0 saturated heterocycles. The number of Topliss-reactive ketones (excluding diaryl/α,β-unsaturated/α-hetero) is 1. The molecule has 0 aliphatic heterocycles. The maximum absolute atomic E-state index is 12.6. The van der Waals surface area contributed by atoms with Crippen molar-refractivity contribution in [3.63, 3.8) is 0 Å². The molecule has 0 spiro atoms. The first-order chi connectivity index (χ1) is 20.2. The Bertz CT molecular complexity index is 1170. The molecule has 42 heavy (non-hydrogen) atoms. The van der Waals surface area contributed by atoms with Gasteiger partial charge in [0.05, 0.1) is 22.7 Å². The largest absolute Gasteiger partial charge is 0.381 e. The molecular weight excluding hydrogens is 548 g/mol. The van der Waals surface area contributed by atoms with Gasteiger partial charge in [-0.05, 0) is 31.5 Å². The second-order valence-electron chi connectivity index (χ2n) is 11.5. The molecule has 0 heterocycles. The minimum Gasteiger partial charge on any atom is -0.381 e. The molecule has 0 aliphatic rings. The molecule has 0 aromatic heterocycles. The molecule has 7 nitrogen and oxygen atoms in total. The average molecular weight is 601 g/mol. The second kappa shape index (κ2) is 20.2. The number of hydrogen-bond acceptors (Lipinski definition) is 5. The number of carbonyl (C=O) groups excluding carboxylic acids is 2. The van der Waals surface area contributed by atoms with Crippen LogP contribution in [0.1, 0.15) is 133 Å². The Balaban J connectivity index is 1.72. The summed E-state index contributed by atoms with van der Waals surface area (Å²) in [7, 11) is -4.41. The molecule has 1 amide bonds. The Hall–Kier alpha value is -2.71. The summed E-state index contributed by atoms with van der Waals surface area (Å²) < 4.78 is 33.0. The third-order valence-electron chi connectivity index (χ3n) is 7.62. The number of amides is 1. The molecule has 2 aromatic carbocycles. The summed E-state index contributed by atoms with van der Waals surface area (Å²) >= 11 is 0. The lowest BCUT2D eigenvalue weighted by Crippen LogP contribution is -2.20. The zero-order valence-electron chi connectivity index (χ0n) is 25.7. The van der Waals surface area contributed by atoms with Gasteiger partial charge in [0.2, 0.25) is 5.91 Å². The maximum atomic E-state index is 12.6. The molecule has 0 bridgehead atoms. The van der Waals surface area contributed by atoms with E-state index in [1.54, 1.807) is 30.3 Å². The normalized spacial score (nSPS) is 12.2. The van der Waals surface area contributed by atoms with Gasteiger partial charge in [-0.2, -0.15) is 8.42 Å². The number of rotatable bonds is 23. The van der Waals surface area contributed by atoms with E-state index in [9.17, 15) is 22.6 Å². The lowest BCUT2D eigenvalue weighted by atomic mass is 10.0. The SMILES string of the molecule is CCCCCCCCCCCCCCCCCC(C)Nc1cc(S(=O)(=O)O)ccc1NC(=O)CC(=O)c1ccccc1. The van der Waals surface area contributed by atoms with Crippen molar-refractivity contribution in [3.8, 4) is 0 Å². The minimum absolute atomic E-state index is 0.0187. The van der Waals surface area contributed by atoms with E-state index in [0.717, 1.165) is 19.3 Å². The van der Waals surface area contributed by atoms with Gasteiger partial charge < -0.3 is 10.6 Å². The molecular formula is C34H52N2O5S. The number of anilines is 2. The first-order valence-electron chi connectivity index (χ1n) is 16.0. The molecule has 0 saturated carbocycles. The van der Waals surface area contributed by atoms with Crippen LogP contribution in [0, 0.1) is 0 Å². The van der Waals surface area contributed by atoms with Gasteiger partial charge in [-0.1, -0.05) is 134 Å². The fourth-order valence-corrected chi connectivity index (χ4v) is 5.64. The van der Waals surface area contributed by atoms with Gasteiger partial charge in [0.1, 0.15) is 0 Å². The zero-order chi connectivity index (χ0) is 30.6. The Labute approximate surface area is 254 Å². The van der Waals surface area contributed by atoms with Gasteiger partial charge in [-0.15, -0.1) is 0 Å². The summed E-state index contributed by atoms with van der Waals surface area (Å²) in [5.41, 5.74) is 1.19. The fourth-order valence-electron chi connectivity index (χ4n) is 5.14. The summed E-state index contributed by atoms with van der Waals surface area (Å²) in [4.78, 5) is 24.8. The highest BCUT2D eigenvalue weighted by Gasteiger charge is 2.17.